The normalized spacial score (nSPS) is 11.6. The van der Waals surface area contributed by atoms with Gasteiger partial charge in [-0.2, -0.15) is 5.10 Å². The summed E-state index contributed by atoms with van der Waals surface area (Å²) in [6, 6.07) is 1.68. The summed E-state index contributed by atoms with van der Waals surface area (Å²) in [5.74, 6) is 0.311. The summed E-state index contributed by atoms with van der Waals surface area (Å²) in [4.78, 5) is 16.8. The number of amides is 1. The standard InChI is InChI=1S/C14H15N5O2S/c1-14(2,11-4-5-16-21-11)12(20)18-13-17-10(8-22-13)9-6-15-19(3)7-9/h4-8H,1-3H3,(H,17,18,20). The van der Waals surface area contributed by atoms with Crippen molar-refractivity contribution in [1.29, 1.82) is 0 Å². The minimum absolute atomic E-state index is 0.198. The van der Waals surface area contributed by atoms with Gasteiger partial charge in [0.2, 0.25) is 5.91 Å². The smallest absolute Gasteiger partial charge is 0.239 e. The molecule has 0 aliphatic heterocycles. The number of nitrogens with zero attached hydrogens (tertiary/aromatic N) is 4. The highest BCUT2D eigenvalue weighted by atomic mass is 32.1. The zero-order valence-corrected chi connectivity index (χ0v) is 13.2. The molecule has 7 nitrogen and oxygen atoms in total. The van der Waals surface area contributed by atoms with Crippen LogP contribution in [0.3, 0.4) is 0 Å². The minimum atomic E-state index is -0.823. The van der Waals surface area contributed by atoms with Gasteiger partial charge in [-0.05, 0) is 13.8 Å². The summed E-state index contributed by atoms with van der Waals surface area (Å²) in [6.45, 7) is 3.55. The molecule has 0 aromatic carbocycles. The Labute approximate surface area is 131 Å². The van der Waals surface area contributed by atoms with Gasteiger partial charge in [0.1, 0.15) is 5.41 Å². The third-order valence-corrected chi connectivity index (χ3v) is 4.10. The minimum Gasteiger partial charge on any atom is -0.360 e. The third kappa shape index (κ3) is 2.64. The third-order valence-electron chi connectivity index (χ3n) is 3.35. The molecule has 0 unspecified atom stereocenters. The number of hydrogen-bond acceptors (Lipinski definition) is 6. The molecular weight excluding hydrogens is 302 g/mol. The first kappa shape index (κ1) is 14.5. The van der Waals surface area contributed by atoms with Crippen LogP contribution in [-0.4, -0.2) is 25.8 Å². The predicted octanol–water partition coefficient (Wildman–Crippen LogP) is 2.45. The molecule has 0 aliphatic rings. The zero-order valence-electron chi connectivity index (χ0n) is 12.4. The second kappa shape index (κ2) is 5.38. The molecule has 0 spiro atoms. The van der Waals surface area contributed by atoms with Crippen molar-refractivity contribution >= 4 is 22.4 Å². The number of carbonyl (C=O) groups is 1. The summed E-state index contributed by atoms with van der Waals surface area (Å²) < 4.78 is 6.80. The number of anilines is 1. The Kier molecular flexibility index (Phi) is 3.53. The van der Waals surface area contributed by atoms with Crippen molar-refractivity contribution in [3.8, 4) is 11.3 Å². The average molecular weight is 317 g/mol. The molecule has 3 rings (SSSR count). The van der Waals surface area contributed by atoms with Gasteiger partial charge < -0.3 is 9.84 Å². The van der Waals surface area contributed by atoms with Gasteiger partial charge in [-0.3, -0.25) is 9.48 Å². The van der Waals surface area contributed by atoms with E-state index in [1.54, 1.807) is 30.8 Å². The van der Waals surface area contributed by atoms with Crippen LogP contribution in [0.15, 0.2) is 34.6 Å². The van der Waals surface area contributed by atoms with Crippen LogP contribution in [-0.2, 0) is 17.3 Å². The van der Waals surface area contributed by atoms with E-state index < -0.39 is 5.41 Å². The molecule has 0 radical (unpaired) electrons. The molecular formula is C14H15N5O2S. The summed E-state index contributed by atoms with van der Waals surface area (Å²) >= 11 is 1.37. The van der Waals surface area contributed by atoms with Crippen LogP contribution in [0.1, 0.15) is 19.6 Å². The van der Waals surface area contributed by atoms with Crippen molar-refractivity contribution in [3.63, 3.8) is 0 Å². The number of nitrogens with one attached hydrogen (secondary N) is 1. The number of rotatable bonds is 4. The Morgan fingerprint density at radius 1 is 1.45 bits per heavy atom. The van der Waals surface area contributed by atoms with Gasteiger partial charge in [0, 0.05) is 30.3 Å². The first-order chi connectivity index (χ1) is 10.5. The van der Waals surface area contributed by atoms with Crippen LogP contribution in [0.4, 0.5) is 5.13 Å². The summed E-state index contributed by atoms with van der Waals surface area (Å²) in [5, 5.41) is 13.0. The van der Waals surface area contributed by atoms with E-state index in [0.29, 0.717) is 10.9 Å². The molecule has 0 fully saturated rings. The maximum absolute atomic E-state index is 12.4. The quantitative estimate of drug-likeness (QED) is 0.799. The van der Waals surface area contributed by atoms with Crippen LogP contribution < -0.4 is 5.32 Å². The van der Waals surface area contributed by atoms with E-state index in [0.717, 1.165) is 11.3 Å². The Morgan fingerprint density at radius 3 is 2.91 bits per heavy atom. The van der Waals surface area contributed by atoms with Gasteiger partial charge in [0.05, 0.1) is 18.1 Å². The topological polar surface area (TPSA) is 85.8 Å². The number of carbonyl (C=O) groups excluding carboxylic acids is 1. The molecule has 22 heavy (non-hydrogen) atoms. The molecule has 0 atom stereocenters. The van der Waals surface area contributed by atoms with E-state index in [1.807, 2.05) is 18.6 Å². The fraction of sp³-hybridized carbons (Fsp3) is 0.286. The monoisotopic (exact) mass is 317 g/mol. The Morgan fingerprint density at radius 2 is 2.27 bits per heavy atom. The van der Waals surface area contributed by atoms with Crippen molar-refractivity contribution < 1.29 is 9.32 Å². The summed E-state index contributed by atoms with van der Waals surface area (Å²) in [5.41, 5.74) is 0.871. The molecule has 114 valence electrons. The van der Waals surface area contributed by atoms with E-state index in [4.69, 9.17) is 4.52 Å². The van der Waals surface area contributed by atoms with E-state index >= 15 is 0 Å². The fourth-order valence-corrected chi connectivity index (χ4v) is 2.64. The van der Waals surface area contributed by atoms with Crippen LogP contribution in [0.5, 0.6) is 0 Å². The Bertz CT molecular complexity index is 788. The maximum atomic E-state index is 12.4. The number of aryl methyl sites for hydroxylation is 1. The van der Waals surface area contributed by atoms with Crippen LogP contribution in [0.25, 0.3) is 11.3 Å². The molecule has 1 amide bonds. The van der Waals surface area contributed by atoms with Gasteiger partial charge in [0.15, 0.2) is 10.9 Å². The van der Waals surface area contributed by atoms with Crippen LogP contribution in [0, 0.1) is 0 Å². The van der Waals surface area contributed by atoms with Gasteiger partial charge >= 0.3 is 0 Å². The molecule has 0 saturated heterocycles. The highest BCUT2D eigenvalue weighted by Crippen LogP contribution is 2.28. The lowest BCUT2D eigenvalue weighted by molar-refractivity contribution is -0.121. The SMILES string of the molecule is Cn1cc(-c2csc(NC(=O)C(C)(C)c3ccno3)n2)cn1. The zero-order chi connectivity index (χ0) is 15.7. The number of hydrogen-bond donors (Lipinski definition) is 1. The molecule has 3 heterocycles. The van der Waals surface area contributed by atoms with E-state index in [-0.39, 0.29) is 5.91 Å². The van der Waals surface area contributed by atoms with Crippen molar-refractivity contribution in [1.82, 2.24) is 19.9 Å². The molecule has 1 N–H and O–H groups in total. The van der Waals surface area contributed by atoms with Crippen molar-refractivity contribution in [2.45, 2.75) is 19.3 Å². The second-order valence-electron chi connectivity index (χ2n) is 5.40. The Hall–Kier alpha value is -2.48. The first-order valence-corrected chi connectivity index (χ1v) is 7.52. The number of thiazole rings is 1. The summed E-state index contributed by atoms with van der Waals surface area (Å²) in [6.07, 6.45) is 5.13. The van der Waals surface area contributed by atoms with E-state index in [9.17, 15) is 4.79 Å². The largest absolute Gasteiger partial charge is 0.360 e. The van der Waals surface area contributed by atoms with E-state index in [1.165, 1.54) is 17.5 Å². The Balaban J connectivity index is 1.76. The van der Waals surface area contributed by atoms with Gasteiger partial charge in [-0.1, -0.05) is 5.16 Å². The first-order valence-electron chi connectivity index (χ1n) is 6.64. The molecule has 0 saturated carbocycles. The number of aromatic nitrogens is 4. The van der Waals surface area contributed by atoms with Gasteiger partial charge in [-0.25, -0.2) is 4.98 Å². The molecule has 0 bridgehead atoms. The molecule has 3 aromatic heterocycles. The fourth-order valence-electron chi connectivity index (χ4n) is 1.92. The lowest BCUT2D eigenvalue weighted by Gasteiger charge is -2.19. The van der Waals surface area contributed by atoms with Crippen LogP contribution >= 0.6 is 11.3 Å². The highest BCUT2D eigenvalue weighted by Gasteiger charge is 2.34. The predicted molar refractivity (Wildman–Crippen MR) is 82.5 cm³/mol. The van der Waals surface area contributed by atoms with Crippen molar-refractivity contribution in [2.24, 2.45) is 7.05 Å². The summed E-state index contributed by atoms with van der Waals surface area (Å²) in [7, 11) is 1.85. The highest BCUT2D eigenvalue weighted by molar-refractivity contribution is 7.14. The average Bonchev–Trinajstić information content (AvgIpc) is 3.18. The van der Waals surface area contributed by atoms with Crippen molar-refractivity contribution in [2.75, 3.05) is 5.32 Å². The van der Waals surface area contributed by atoms with Crippen molar-refractivity contribution in [3.05, 3.63) is 35.8 Å². The van der Waals surface area contributed by atoms with Gasteiger partial charge in [0.25, 0.3) is 0 Å². The van der Waals surface area contributed by atoms with Crippen LogP contribution in [0.2, 0.25) is 0 Å². The van der Waals surface area contributed by atoms with E-state index in [2.05, 4.69) is 20.6 Å². The second-order valence-corrected chi connectivity index (χ2v) is 6.25. The molecule has 0 aliphatic carbocycles. The lowest BCUT2D eigenvalue weighted by atomic mass is 9.89. The lowest BCUT2D eigenvalue weighted by Crippen LogP contribution is -2.34. The maximum Gasteiger partial charge on any atom is 0.239 e. The molecule has 3 aromatic rings. The van der Waals surface area contributed by atoms with Gasteiger partial charge in [-0.15, -0.1) is 11.3 Å². The molecule has 8 heteroatoms.